The summed E-state index contributed by atoms with van der Waals surface area (Å²) < 4.78 is 25.7. The molecule has 3 rings (SSSR count). The number of hydrogen-bond acceptors (Lipinski definition) is 5. The Labute approximate surface area is 125 Å². The van der Waals surface area contributed by atoms with E-state index in [0.717, 1.165) is 0 Å². The van der Waals surface area contributed by atoms with Crippen molar-refractivity contribution in [3.63, 3.8) is 0 Å². The monoisotopic (exact) mass is 327 g/mol. The summed E-state index contributed by atoms with van der Waals surface area (Å²) in [6.45, 7) is 1.82. The molecule has 0 aliphatic carbocycles. The fourth-order valence-corrected chi connectivity index (χ4v) is 5.46. The molecular formula is C12H13N3O4S2. The molecule has 2 aromatic rings. The molecule has 7 nitrogen and oxygen atoms in total. The van der Waals surface area contributed by atoms with Crippen LogP contribution in [0.25, 0.3) is 11.0 Å². The largest absolute Gasteiger partial charge is 0.331 e. The van der Waals surface area contributed by atoms with Crippen molar-refractivity contribution in [2.75, 3.05) is 11.5 Å². The minimum atomic E-state index is -3.11. The van der Waals surface area contributed by atoms with Crippen LogP contribution in [0.3, 0.4) is 0 Å². The lowest BCUT2D eigenvalue weighted by Gasteiger charge is -2.25. The molecule has 1 aliphatic heterocycles. The molecule has 112 valence electrons. The Morgan fingerprint density at radius 1 is 1.48 bits per heavy atom. The summed E-state index contributed by atoms with van der Waals surface area (Å²) in [6, 6.07) is 4.41. The highest BCUT2D eigenvalue weighted by Crippen LogP contribution is 2.34. The molecule has 0 bridgehead atoms. The van der Waals surface area contributed by atoms with Gasteiger partial charge in [0.15, 0.2) is 14.6 Å². The summed E-state index contributed by atoms with van der Waals surface area (Å²) in [7, 11) is -3.11. The third-order valence-electron chi connectivity index (χ3n) is 3.90. The molecule has 1 aromatic carbocycles. The van der Waals surface area contributed by atoms with Gasteiger partial charge >= 0.3 is 0 Å². The van der Waals surface area contributed by atoms with Crippen molar-refractivity contribution in [2.45, 2.75) is 18.9 Å². The third-order valence-corrected chi connectivity index (χ3v) is 6.07. The Balaban J connectivity index is 2.27. The predicted octanol–water partition coefficient (Wildman–Crippen LogP) is 2.14. The van der Waals surface area contributed by atoms with E-state index in [2.05, 4.69) is 4.98 Å². The zero-order chi connectivity index (χ0) is 15.4. The van der Waals surface area contributed by atoms with Gasteiger partial charge in [-0.1, -0.05) is 0 Å². The van der Waals surface area contributed by atoms with Crippen molar-refractivity contribution in [1.82, 2.24) is 9.55 Å². The van der Waals surface area contributed by atoms with Crippen molar-refractivity contribution in [1.29, 1.82) is 0 Å². The van der Waals surface area contributed by atoms with Crippen LogP contribution in [0, 0.1) is 14.9 Å². The number of nitro groups is 1. The van der Waals surface area contributed by atoms with Crippen LogP contribution in [0.2, 0.25) is 0 Å². The summed E-state index contributed by atoms with van der Waals surface area (Å²) in [5.74, 6) is 0.0941. The van der Waals surface area contributed by atoms with Gasteiger partial charge in [0.2, 0.25) is 0 Å². The summed E-state index contributed by atoms with van der Waals surface area (Å²) >= 11 is 5.29. The topological polar surface area (TPSA) is 98.0 Å². The predicted molar refractivity (Wildman–Crippen MR) is 80.7 cm³/mol. The van der Waals surface area contributed by atoms with Crippen LogP contribution < -0.4 is 0 Å². The van der Waals surface area contributed by atoms with Crippen LogP contribution in [0.4, 0.5) is 5.69 Å². The normalized spacial score (nSPS) is 24.4. The summed E-state index contributed by atoms with van der Waals surface area (Å²) in [4.78, 5) is 13.4. The van der Waals surface area contributed by atoms with E-state index < -0.39 is 20.3 Å². The fourth-order valence-electron chi connectivity index (χ4n) is 2.91. The second kappa shape index (κ2) is 4.38. The Morgan fingerprint density at radius 3 is 2.76 bits per heavy atom. The van der Waals surface area contributed by atoms with Gasteiger partial charge in [-0.15, -0.1) is 0 Å². The maximum Gasteiger partial charge on any atom is 0.271 e. The highest BCUT2D eigenvalue weighted by molar-refractivity contribution is 7.91. The van der Waals surface area contributed by atoms with Gasteiger partial charge in [-0.25, -0.2) is 8.42 Å². The first-order valence-corrected chi connectivity index (χ1v) is 8.55. The average molecular weight is 327 g/mol. The number of nitrogens with one attached hydrogen (secondary N) is 1. The zero-order valence-corrected chi connectivity index (χ0v) is 12.8. The van der Waals surface area contributed by atoms with Crippen LogP contribution in [0.15, 0.2) is 18.2 Å². The highest BCUT2D eigenvalue weighted by atomic mass is 32.2. The first-order valence-electron chi connectivity index (χ1n) is 6.32. The molecule has 1 unspecified atom stereocenters. The van der Waals surface area contributed by atoms with Crippen LogP contribution >= 0.6 is 12.2 Å². The van der Waals surface area contributed by atoms with E-state index in [0.29, 0.717) is 22.2 Å². The number of imidazole rings is 1. The summed E-state index contributed by atoms with van der Waals surface area (Å²) in [6.07, 6.45) is 0.444. The molecule has 1 aliphatic rings. The van der Waals surface area contributed by atoms with Crippen LogP contribution in [-0.4, -0.2) is 34.4 Å². The zero-order valence-electron chi connectivity index (χ0n) is 11.2. The molecule has 0 amide bonds. The maximum atomic E-state index is 11.8. The van der Waals surface area contributed by atoms with Crippen molar-refractivity contribution >= 4 is 38.8 Å². The number of aromatic nitrogens is 2. The number of benzene rings is 1. The van der Waals surface area contributed by atoms with Gasteiger partial charge in [-0.3, -0.25) is 10.1 Å². The minimum Gasteiger partial charge on any atom is -0.331 e. The van der Waals surface area contributed by atoms with Gasteiger partial charge in [0.1, 0.15) is 0 Å². The van der Waals surface area contributed by atoms with Gasteiger partial charge in [-0.05, 0) is 31.6 Å². The van der Waals surface area contributed by atoms with E-state index in [9.17, 15) is 18.5 Å². The second-order valence-electron chi connectivity index (χ2n) is 5.56. The number of hydrogen-bond donors (Lipinski definition) is 1. The number of nitro benzene ring substituents is 1. The van der Waals surface area contributed by atoms with Gasteiger partial charge in [0.05, 0.1) is 33.0 Å². The first-order chi connectivity index (χ1) is 9.72. The molecule has 0 radical (unpaired) electrons. The Hall–Kier alpha value is -1.74. The molecule has 0 saturated carbocycles. The first kappa shape index (κ1) is 14.2. The van der Waals surface area contributed by atoms with Gasteiger partial charge in [0.25, 0.3) is 5.69 Å². The number of aromatic amines is 1. The molecule has 1 N–H and O–H groups in total. The molecule has 21 heavy (non-hydrogen) atoms. The summed E-state index contributed by atoms with van der Waals surface area (Å²) in [5, 5.41) is 10.9. The van der Waals surface area contributed by atoms with E-state index in [1.54, 1.807) is 10.6 Å². The quantitative estimate of drug-likeness (QED) is 0.518. The van der Waals surface area contributed by atoms with E-state index in [-0.39, 0.29) is 17.2 Å². The standard InChI is InChI=1S/C12H13N3O4S2/c1-12(4-5-21(18,19)7-12)14-10-6-8(15(16)17)2-3-9(10)13-11(14)20/h2-3,6H,4-5,7H2,1H3,(H,13,20). The van der Waals surface area contributed by atoms with Gasteiger partial charge < -0.3 is 9.55 Å². The molecule has 1 fully saturated rings. The maximum absolute atomic E-state index is 11.8. The molecular weight excluding hydrogens is 314 g/mol. The van der Waals surface area contributed by atoms with Crippen LogP contribution in [0.1, 0.15) is 13.3 Å². The number of non-ortho nitro benzene ring substituents is 1. The average Bonchev–Trinajstić information content (AvgIpc) is 2.84. The highest BCUT2D eigenvalue weighted by Gasteiger charge is 2.41. The number of sulfone groups is 1. The molecule has 1 saturated heterocycles. The van der Waals surface area contributed by atoms with E-state index >= 15 is 0 Å². The van der Waals surface area contributed by atoms with Gasteiger partial charge in [-0.2, -0.15) is 0 Å². The number of rotatable bonds is 2. The number of H-pyrrole nitrogens is 1. The Morgan fingerprint density at radius 2 is 2.19 bits per heavy atom. The molecule has 9 heteroatoms. The van der Waals surface area contributed by atoms with Crippen molar-refractivity contribution < 1.29 is 13.3 Å². The summed E-state index contributed by atoms with van der Waals surface area (Å²) in [5.41, 5.74) is 0.503. The van der Waals surface area contributed by atoms with Crippen LogP contribution in [-0.2, 0) is 15.4 Å². The van der Waals surface area contributed by atoms with Gasteiger partial charge in [0, 0.05) is 12.1 Å². The lowest BCUT2D eigenvalue weighted by atomic mass is 10.0. The Kier molecular flexibility index (Phi) is 2.96. The minimum absolute atomic E-state index is 0.00997. The molecule has 1 atom stereocenters. The fraction of sp³-hybridized carbons (Fsp3) is 0.417. The molecule has 0 spiro atoms. The smallest absolute Gasteiger partial charge is 0.271 e. The lowest BCUT2D eigenvalue weighted by Crippen LogP contribution is -2.31. The molecule has 2 heterocycles. The van der Waals surface area contributed by atoms with Crippen molar-refractivity contribution in [3.05, 3.63) is 33.1 Å². The van der Waals surface area contributed by atoms with E-state index in [1.807, 2.05) is 6.92 Å². The third kappa shape index (κ3) is 2.26. The van der Waals surface area contributed by atoms with Crippen molar-refractivity contribution in [3.8, 4) is 0 Å². The van der Waals surface area contributed by atoms with Crippen molar-refractivity contribution in [2.24, 2.45) is 0 Å². The second-order valence-corrected chi connectivity index (χ2v) is 8.13. The Bertz CT molecular complexity index is 912. The SMILES string of the molecule is CC1(n2c(=S)[nH]c3ccc([N+](=O)[O-])cc32)CCS(=O)(=O)C1. The lowest BCUT2D eigenvalue weighted by molar-refractivity contribution is -0.384. The van der Waals surface area contributed by atoms with E-state index in [4.69, 9.17) is 12.2 Å². The van der Waals surface area contributed by atoms with Crippen LogP contribution in [0.5, 0.6) is 0 Å². The number of fused-ring (bicyclic) bond motifs is 1. The van der Waals surface area contributed by atoms with E-state index in [1.165, 1.54) is 12.1 Å². The number of nitrogens with zero attached hydrogens (tertiary/aromatic N) is 2. The molecule has 1 aromatic heterocycles.